The van der Waals surface area contributed by atoms with E-state index in [1.54, 1.807) is 29.7 Å². The van der Waals surface area contributed by atoms with Crippen LogP contribution in [0, 0.1) is 0 Å². The van der Waals surface area contributed by atoms with Crippen LogP contribution in [0.3, 0.4) is 0 Å². The molecule has 0 aliphatic heterocycles. The van der Waals surface area contributed by atoms with E-state index in [1.165, 1.54) is 4.88 Å². The first-order valence-electron chi connectivity index (χ1n) is 9.41. The molecule has 0 unspecified atom stereocenters. The Bertz CT molecular complexity index is 957. The lowest BCUT2D eigenvalue weighted by Crippen LogP contribution is -2.31. The van der Waals surface area contributed by atoms with Gasteiger partial charge >= 0.3 is 5.97 Å². The smallest absolute Gasteiger partial charge is 0.341 e. The standard InChI is InChI=1S/C21H22N2O4S/c1-14(16-8-6-12-26-16)22-18(24)13-27-21(25)19-15-7-2-3-9-17(15)28-20(19)23-10-4-5-11-23/h4-6,8,10-12,14H,2-3,7,9,13H2,1H3,(H,22,24)/t14-/m1/s1. The number of hydrogen-bond acceptors (Lipinski definition) is 5. The topological polar surface area (TPSA) is 73.5 Å². The number of furan rings is 1. The number of aryl methyl sites for hydroxylation is 1. The largest absolute Gasteiger partial charge is 0.467 e. The third kappa shape index (κ3) is 3.75. The monoisotopic (exact) mass is 398 g/mol. The molecule has 6 nitrogen and oxygen atoms in total. The van der Waals surface area contributed by atoms with Crippen LogP contribution >= 0.6 is 11.3 Å². The maximum Gasteiger partial charge on any atom is 0.341 e. The molecular formula is C21H22N2O4S. The number of fused-ring (bicyclic) bond motifs is 1. The van der Waals surface area contributed by atoms with Gasteiger partial charge in [-0.25, -0.2) is 4.79 Å². The van der Waals surface area contributed by atoms with Gasteiger partial charge in [0.15, 0.2) is 6.61 Å². The quantitative estimate of drug-likeness (QED) is 0.636. The second kappa shape index (κ2) is 8.06. The van der Waals surface area contributed by atoms with Crippen molar-refractivity contribution in [1.82, 2.24) is 9.88 Å². The van der Waals surface area contributed by atoms with Crippen LogP contribution in [0.1, 0.15) is 52.4 Å². The van der Waals surface area contributed by atoms with Crippen molar-refractivity contribution in [3.63, 3.8) is 0 Å². The Morgan fingerprint density at radius 2 is 2.04 bits per heavy atom. The molecule has 3 aromatic heterocycles. The first-order chi connectivity index (χ1) is 13.6. The lowest BCUT2D eigenvalue weighted by molar-refractivity contribution is -0.125. The van der Waals surface area contributed by atoms with Crippen LogP contribution in [0.4, 0.5) is 0 Å². The summed E-state index contributed by atoms with van der Waals surface area (Å²) in [5, 5.41) is 3.64. The SMILES string of the molecule is C[C@@H](NC(=O)COC(=O)c1c(-n2cccc2)sc2c1CCCC2)c1ccco1. The van der Waals surface area contributed by atoms with Gasteiger partial charge in [-0.05, 0) is 62.4 Å². The Labute approximate surface area is 167 Å². The van der Waals surface area contributed by atoms with Gasteiger partial charge in [-0.15, -0.1) is 11.3 Å². The second-order valence-corrected chi connectivity index (χ2v) is 7.95. The Morgan fingerprint density at radius 1 is 1.25 bits per heavy atom. The van der Waals surface area contributed by atoms with E-state index in [1.807, 2.05) is 36.0 Å². The summed E-state index contributed by atoms with van der Waals surface area (Å²) >= 11 is 1.64. The average Bonchev–Trinajstić information content (AvgIpc) is 3.46. The molecule has 1 N–H and O–H groups in total. The molecule has 0 aromatic carbocycles. The predicted octanol–water partition coefficient (Wildman–Crippen LogP) is 4.04. The summed E-state index contributed by atoms with van der Waals surface area (Å²) in [5.74, 6) is -0.144. The normalized spacial score (nSPS) is 14.3. The molecule has 1 aliphatic carbocycles. The Morgan fingerprint density at radius 3 is 2.79 bits per heavy atom. The van der Waals surface area contributed by atoms with Crippen molar-refractivity contribution in [2.75, 3.05) is 6.61 Å². The van der Waals surface area contributed by atoms with Crippen LogP contribution in [0.25, 0.3) is 5.00 Å². The van der Waals surface area contributed by atoms with Crippen molar-refractivity contribution in [3.8, 4) is 5.00 Å². The highest BCUT2D eigenvalue weighted by molar-refractivity contribution is 7.15. The molecule has 0 fully saturated rings. The molecule has 1 atom stereocenters. The summed E-state index contributed by atoms with van der Waals surface area (Å²) in [4.78, 5) is 26.3. The molecule has 0 saturated heterocycles. The fourth-order valence-electron chi connectivity index (χ4n) is 3.51. The van der Waals surface area contributed by atoms with E-state index in [2.05, 4.69) is 5.32 Å². The number of carbonyl (C=O) groups is 2. The minimum atomic E-state index is -0.441. The number of esters is 1. The summed E-state index contributed by atoms with van der Waals surface area (Å²) in [7, 11) is 0. The number of nitrogens with zero attached hydrogens (tertiary/aromatic N) is 1. The molecule has 0 bridgehead atoms. The Balaban J connectivity index is 1.47. The lowest BCUT2D eigenvalue weighted by atomic mass is 9.95. The number of nitrogens with one attached hydrogen (secondary N) is 1. The van der Waals surface area contributed by atoms with Crippen molar-refractivity contribution in [2.24, 2.45) is 0 Å². The zero-order valence-corrected chi connectivity index (χ0v) is 16.5. The van der Waals surface area contributed by atoms with Crippen molar-refractivity contribution >= 4 is 23.2 Å². The fourth-order valence-corrected chi connectivity index (χ4v) is 4.85. The van der Waals surface area contributed by atoms with Crippen molar-refractivity contribution in [3.05, 3.63) is 64.7 Å². The summed E-state index contributed by atoms with van der Waals surface area (Å²) in [6.45, 7) is 1.50. The molecule has 1 aliphatic rings. The molecule has 3 heterocycles. The summed E-state index contributed by atoms with van der Waals surface area (Å²) in [6, 6.07) is 7.12. The van der Waals surface area contributed by atoms with Crippen molar-refractivity contribution < 1.29 is 18.7 Å². The summed E-state index contributed by atoms with van der Waals surface area (Å²) in [6.07, 6.45) is 9.47. The third-order valence-electron chi connectivity index (χ3n) is 4.88. The molecule has 7 heteroatoms. The summed E-state index contributed by atoms with van der Waals surface area (Å²) in [5.41, 5.74) is 1.68. The Hall–Kier alpha value is -2.80. The van der Waals surface area contributed by atoms with Crippen LogP contribution < -0.4 is 5.32 Å². The number of rotatable bonds is 6. The van der Waals surface area contributed by atoms with Gasteiger partial charge in [0.25, 0.3) is 5.91 Å². The molecule has 4 rings (SSSR count). The third-order valence-corrected chi connectivity index (χ3v) is 6.18. The highest BCUT2D eigenvalue weighted by Crippen LogP contribution is 2.37. The zero-order chi connectivity index (χ0) is 19.5. The van der Waals surface area contributed by atoms with Gasteiger partial charge in [-0.1, -0.05) is 0 Å². The average molecular weight is 398 g/mol. The number of hydrogen-bond donors (Lipinski definition) is 1. The number of amides is 1. The van der Waals surface area contributed by atoms with Gasteiger partial charge in [-0.2, -0.15) is 0 Å². The highest BCUT2D eigenvalue weighted by atomic mass is 32.1. The second-order valence-electron chi connectivity index (χ2n) is 6.86. The molecule has 28 heavy (non-hydrogen) atoms. The molecule has 146 valence electrons. The number of thiophene rings is 1. The van der Waals surface area contributed by atoms with Crippen LogP contribution in [-0.2, 0) is 22.4 Å². The lowest BCUT2D eigenvalue weighted by Gasteiger charge is -2.14. The van der Waals surface area contributed by atoms with Gasteiger partial charge in [-0.3, -0.25) is 4.79 Å². The van der Waals surface area contributed by atoms with Gasteiger partial charge in [0.2, 0.25) is 0 Å². The maximum absolute atomic E-state index is 12.9. The van der Waals surface area contributed by atoms with E-state index in [9.17, 15) is 9.59 Å². The maximum atomic E-state index is 12.9. The predicted molar refractivity (Wildman–Crippen MR) is 106 cm³/mol. The van der Waals surface area contributed by atoms with E-state index >= 15 is 0 Å². The van der Waals surface area contributed by atoms with Crippen LogP contribution in [-0.4, -0.2) is 23.1 Å². The minimum absolute atomic E-state index is 0.287. The van der Waals surface area contributed by atoms with Gasteiger partial charge in [0.1, 0.15) is 10.8 Å². The van der Waals surface area contributed by atoms with E-state index in [0.29, 0.717) is 11.3 Å². The van der Waals surface area contributed by atoms with Crippen LogP contribution in [0.5, 0.6) is 0 Å². The molecule has 1 amide bonds. The Kier molecular flexibility index (Phi) is 5.34. The van der Waals surface area contributed by atoms with Gasteiger partial charge < -0.3 is 19.0 Å². The minimum Gasteiger partial charge on any atom is -0.467 e. The van der Waals surface area contributed by atoms with Gasteiger partial charge in [0, 0.05) is 17.3 Å². The van der Waals surface area contributed by atoms with Crippen LogP contribution in [0.2, 0.25) is 0 Å². The van der Waals surface area contributed by atoms with E-state index in [0.717, 1.165) is 36.2 Å². The number of aromatic nitrogens is 1. The van der Waals surface area contributed by atoms with Gasteiger partial charge in [0.05, 0.1) is 17.9 Å². The van der Waals surface area contributed by atoms with Crippen molar-refractivity contribution in [2.45, 2.75) is 38.6 Å². The number of carbonyl (C=O) groups excluding carboxylic acids is 2. The highest BCUT2D eigenvalue weighted by Gasteiger charge is 2.27. The van der Waals surface area contributed by atoms with E-state index < -0.39 is 5.97 Å². The van der Waals surface area contributed by atoms with E-state index in [-0.39, 0.29) is 18.6 Å². The fraction of sp³-hybridized carbons (Fsp3) is 0.333. The summed E-state index contributed by atoms with van der Waals surface area (Å²) < 4.78 is 12.6. The molecule has 0 saturated carbocycles. The number of ether oxygens (including phenoxy) is 1. The molecule has 3 aromatic rings. The molecule has 0 radical (unpaired) electrons. The molecular weight excluding hydrogens is 376 g/mol. The van der Waals surface area contributed by atoms with E-state index in [4.69, 9.17) is 9.15 Å². The first kappa shape index (κ1) is 18.6. The van der Waals surface area contributed by atoms with Crippen LogP contribution in [0.15, 0.2) is 47.3 Å². The zero-order valence-electron chi connectivity index (χ0n) is 15.6. The van der Waals surface area contributed by atoms with Crippen molar-refractivity contribution in [1.29, 1.82) is 0 Å². The first-order valence-corrected chi connectivity index (χ1v) is 10.2. The molecule has 0 spiro atoms.